The number of ether oxygens (including phenoxy) is 3. The first-order chi connectivity index (χ1) is 9.14. The lowest BCUT2D eigenvalue weighted by molar-refractivity contribution is -0.000540. The molecular formula is C14H30N2O3. The van der Waals surface area contributed by atoms with E-state index >= 15 is 0 Å². The second-order valence-electron chi connectivity index (χ2n) is 5.56. The predicted octanol–water partition coefficient (Wildman–Crippen LogP) is 0.869. The van der Waals surface area contributed by atoms with Crippen LogP contribution in [0.4, 0.5) is 0 Å². The summed E-state index contributed by atoms with van der Waals surface area (Å²) >= 11 is 0. The van der Waals surface area contributed by atoms with Crippen molar-refractivity contribution in [1.29, 1.82) is 0 Å². The van der Waals surface area contributed by atoms with E-state index in [1.165, 1.54) is 6.42 Å². The smallest absolute Gasteiger partial charge is 0.0701 e. The van der Waals surface area contributed by atoms with Crippen LogP contribution in [0.3, 0.4) is 0 Å². The Hall–Kier alpha value is -0.200. The van der Waals surface area contributed by atoms with Gasteiger partial charge in [0.1, 0.15) is 0 Å². The lowest BCUT2D eigenvalue weighted by Crippen LogP contribution is -2.65. The molecule has 0 saturated carbocycles. The summed E-state index contributed by atoms with van der Waals surface area (Å²) in [6.45, 7) is 11.4. The van der Waals surface area contributed by atoms with Crippen LogP contribution in [0.2, 0.25) is 0 Å². The molecule has 0 spiro atoms. The summed E-state index contributed by atoms with van der Waals surface area (Å²) in [6, 6.07) is 0. The van der Waals surface area contributed by atoms with Crippen LogP contribution >= 0.6 is 0 Å². The molecule has 1 rings (SSSR count). The monoisotopic (exact) mass is 274 g/mol. The summed E-state index contributed by atoms with van der Waals surface area (Å²) < 4.78 is 16.3. The fourth-order valence-electron chi connectivity index (χ4n) is 2.12. The van der Waals surface area contributed by atoms with E-state index in [0.717, 1.165) is 39.3 Å². The minimum atomic E-state index is 0.0148. The average Bonchev–Trinajstić information content (AvgIpc) is 2.33. The molecule has 1 aliphatic rings. The Kier molecular flexibility index (Phi) is 8.57. The molecule has 1 heterocycles. The zero-order valence-electron chi connectivity index (χ0n) is 12.5. The second kappa shape index (κ2) is 9.66. The summed E-state index contributed by atoms with van der Waals surface area (Å²) in [5, 5.41) is 0. The van der Waals surface area contributed by atoms with E-state index in [1.54, 1.807) is 0 Å². The van der Waals surface area contributed by atoms with Crippen LogP contribution in [0, 0.1) is 0 Å². The molecule has 0 atom stereocenters. The molecule has 0 aromatic heterocycles. The van der Waals surface area contributed by atoms with E-state index in [0.29, 0.717) is 26.4 Å². The van der Waals surface area contributed by atoms with Gasteiger partial charge in [0, 0.05) is 31.8 Å². The van der Waals surface area contributed by atoms with Crippen molar-refractivity contribution in [3.05, 3.63) is 0 Å². The van der Waals surface area contributed by atoms with Crippen molar-refractivity contribution in [1.82, 2.24) is 4.90 Å². The van der Waals surface area contributed by atoms with Crippen LogP contribution in [0.1, 0.15) is 26.7 Å². The van der Waals surface area contributed by atoms with Crippen molar-refractivity contribution >= 4 is 0 Å². The molecule has 0 amide bonds. The molecule has 114 valence electrons. The molecule has 0 radical (unpaired) electrons. The molecule has 0 aromatic rings. The van der Waals surface area contributed by atoms with Gasteiger partial charge < -0.3 is 19.9 Å². The third kappa shape index (κ3) is 8.55. The van der Waals surface area contributed by atoms with Crippen molar-refractivity contribution in [2.45, 2.75) is 32.2 Å². The highest BCUT2D eigenvalue weighted by Crippen LogP contribution is 2.15. The topological polar surface area (TPSA) is 57.0 Å². The molecule has 0 aromatic carbocycles. The van der Waals surface area contributed by atoms with Crippen molar-refractivity contribution in [2.75, 3.05) is 59.3 Å². The van der Waals surface area contributed by atoms with Crippen LogP contribution in [0.25, 0.3) is 0 Å². The first-order valence-electron chi connectivity index (χ1n) is 7.38. The SMILES string of the molecule is CCCCOCCOCCOCCN1CC(C)(N)C1. The van der Waals surface area contributed by atoms with E-state index in [9.17, 15) is 0 Å². The summed E-state index contributed by atoms with van der Waals surface area (Å²) in [4.78, 5) is 2.31. The predicted molar refractivity (Wildman–Crippen MR) is 76.4 cm³/mol. The lowest BCUT2D eigenvalue weighted by atomic mass is 9.94. The molecule has 5 nitrogen and oxygen atoms in total. The molecule has 19 heavy (non-hydrogen) atoms. The van der Waals surface area contributed by atoms with E-state index in [4.69, 9.17) is 19.9 Å². The Bertz CT molecular complexity index is 217. The van der Waals surface area contributed by atoms with Gasteiger partial charge in [-0.1, -0.05) is 13.3 Å². The molecule has 1 aliphatic heterocycles. The van der Waals surface area contributed by atoms with Crippen LogP contribution in [-0.2, 0) is 14.2 Å². The highest BCUT2D eigenvalue weighted by atomic mass is 16.5. The molecule has 0 aliphatic carbocycles. The fraction of sp³-hybridized carbons (Fsp3) is 1.00. The Morgan fingerprint density at radius 1 is 0.947 bits per heavy atom. The van der Waals surface area contributed by atoms with Gasteiger partial charge >= 0.3 is 0 Å². The quantitative estimate of drug-likeness (QED) is 0.535. The number of nitrogens with zero attached hydrogens (tertiary/aromatic N) is 1. The van der Waals surface area contributed by atoms with Crippen molar-refractivity contribution in [3.63, 3.8) is 0 Å². The Balaban J connectivity index is 1.70. The normalized spacial score (nSPS) is 18.5. The van der Waals surface area contributed by atoms with Gasteiger partial charge in [0.2, 0.25) is 0 Å². The standard InChI is InChI=1S/C14H30N2O3/c1-3-4-6-17-8-10-19-11-9-18-7-5-16-12-14(2,15)13-16/h3-13,15H2,1-2H3. The summed E-state index contributed by atoms with van der Waals surface area (Å²) in [7, 11) is 0. The highest BCUT2D eigenvalue weighted by Gasteiger charge is 2.33. The number of hydrogen-bond donors (Lipinski definition) is 1. The highest BCUT2D eigenvalue weighted by molar-refractivity contribution is 4.95. The van der Waals surface area contributed by atoms with Gasteiger partial charge in [0.05, 0.1) is 33.0 Å². The summed E-state index contributed by atoms with van der Waals surface area (Å²) in [5.74, 6) is 0. The molecule has 2 N–H and O–H groups in total. The summed E-state index contributed by atoms with van der Waals surface area (Å²) in [6.07, 6.45) is 2.30. The molecular weight excluding hydrogens is 244 g/mol. The van der Waals surface area contributed by atoms with Crippen molar-refractivity contribution in [3.8, 4) is 0 Å². The third-order valence-electron chi connectivity index (χ3n) is 3.11. The zero-order chi connectivity index (χ0) is 14.0. The number of unbranched alkanes of at least 4 members (excludes halogenated alkanes) is 1. The van der Waals surface area contributed by atoms with E-state index in [2.05, 4.69) is 18.7 Å². The van der Waals surface area contributed by atoms with Gasteiger partial charge in [-0.15, -0.1) is 0 Å². The van der Waals surface area contributed by atoms with Gasteiger partial charge in [-0.25, -0.2) is 0 Å². The second-order valence-corrected chi connectivity index (χ2v) is 5.56. The van der Waals surface area contributed by atoms with Gasteiger partial charge in [-0.05, 0) is 13.3 Å². The Labute approximate surface area is 117 Å². The maximum atomic E-state index is 5.93. The van der Waals surface area contributed by atoms with Crippen LogP contribution in [0.15, 0.2) is 0 Å². The maximum Gasteiger partial charge on any atom is 0.0701 e. The Morgan fingerprint density at radius 3 is 2.00 bits per heavy atom. The first-order valence-corrected chi connectivity index (χ1v) is 7.38. The molecule has 0 unspecified atom stereocenters. The summed E-state index contributed by atoms with van der Waals surface area (Å²) in [5.41, 5.74) is 5.94. The number of nitrogens with two attached hydrogens (primary N) is 1. The molecule has 1 fully saturated rings. The zero-order valence-corrected chi connectivity index (χ0v) is 12.5. The van der Waals surface area contributed by atoms with E-state index < -0.39 is 0 Å². The van der Waals surface area contributed by atoms with Crippen LogP contribution in [0.5, 0.6) is 0 Å². The van der Waals surface area contributed by atoms with Crippen molar-refractivity contribution in [2.24, 2.45) is 5.73 Å². The van der Waals surface area contributed by atoms with E-state index in [-0.39, 0.29) is 5.54 Å². The molecule has 1 saturated heterocycles. The fourth-order valence-corrected chi connectivity index (χ4v) is 2.12. The number of rotatable bonds is 12. The number of hydrogen-bond acceptors (Lipinski definition) is 5. The van der Waals surface area contributed by atoms with Crippen molar-refractivity contribution < 1.29 is 14.2 Å². The molecule has 5 heteroatoms. The lowest BCUT2D eigenvalue weighted by Gasteiger charge is -2.45. The van der Waals surface area contributed by atoms with Gasteiger partial charge in [-0.2, -0.15) is 0 Å². The number of likely N-dealkylation sites (tertiary alicyclic amines) is 1. The molecule has 0 bridgehead atoms. The minimum absolute atomic E-state index is 0.0148. The van der Waals surface area contributed by atoms with Gasteiger partial charge in [0.15, 0.2) is 0 Å². The third-order valence-corrected chi connectivity index (χ3v) is 3.11. The van der Waals surface area contributed by atoms with Gasteiger partial charge in [0.25, 0.3) is 0 Å². The average molecular weight is 274 g/mol. The Morgan fingerprint density at radius 2 is 1.47 bits per heavy atom. The van der Waals surface area contributed by atoms with Crippen LogP contribution < -0.4 is 5.73 Å². The van der Waals surface area contributed by atoms with Gasteiger partial charge in [-0.3, -0.25) is 4.90 Å². The first kappa shape index (κ1) is 16.9. The minimum Gasteiger partial charge on any atom is -0.379 e. The van der Waals surface area contributed by atoms with Crippen LogP contribution in [-0.4, -0.2) is 69.7 Å². The largest absolute Gasteiger partial charge is 0.379 e. The maximum absolute atomic E-state index is 5.93. The van der Waals surface area contributed by atoms with E-state index in [1.807, 2.05) is 0 Å².